The number of ether oxygens (including phenoxy) is 4. The summed E-state index contributed by atoms with van der Waals surface area (Å²) in [4.78, 5) is 51.5. The topological polar surface area (TPSA) is 208 Å². The molecule has 0 bridgehead atoms. The lowest BCUT2D eigenvalue weighted by Crippen LogP contribution is -2.40. The molecule has 6 N–H and O–H groups in total. The number of primary amides is 2. The lowest BCUT2D eigenvalue weighted by molar-refractivity contribution is -0.114. The molecule has 14 heteroatoms. The van der Waals surface area contributed by atoms with Crippen molar-refractivity contribution in [3.05, 3.63) is 119 Å². The maximum Gasteiger partial charge on any atom is 0.289 e. The molecule has 1 unspecified atom stereocenters. The van der Waals surface area contributed by atoms with Gasteiger partial charge in [-0.25, -0.2) is 0 Å². The van der Waals surface area contributed by atoms with Crippen molar-refractivity contribution in [2.75, 3.05) is 13.2 Å². The monoisotopic (exact) mass is 862 g/mol. The number of hydrogen-bond donors (Lipinski definition) is 4. The number of carbonyl (C=O) groups is 4. The number of fused-ring (bicyclic) bond motifs is 2. The first-order valence-corrected chi connectivity index (χ1v) is 20.5. The normalized spacial score (nSPS) is 13.9. The summed E-state index contributed by atoms with van der Waals surface area (Å²) in [5.41, 5.74) is 16.3. The highest BCUT2D eigenvalue weighted by molar-refractivity contribution is 6.45. The number of hydrogen-bond acceptors (Lipinski definition) is 10. The first kappa shape index (κ1) is 47.2. The lowest BCUT2D eigenvalue weighted by Gasteiger charge is -2.41. The van der Waals surface area contributed by atoms with E-state index in [1.54, 1.807) is 50.3 Å². The molecule has 14 nitrogen and oxygen atoms in total. The van der Waals surface area contributed by atoms with Crippen LogP contribution in [0.2, 0.25) is 0 Å². The van der Waals surface area contributed by atoms with E-state index in [2.05, 4.69) is 24.6 Å². The van der Waals surface area contributed by atoms with Crippen LogP contribution in [0.15, 0.2) is 96.2 Å². The number of amides is 2. The molecule has 2 amide bonds. The van der Waals surface area contributed by atoms with Crippen LogP contribution in [0.4, 0.5) is 0 Å². The van der Waals surface area contributed by atoms with E-state index >= 15 is 0 Å². The predicted octanol–water partition coefficient (Wildman–Crippen LogP) is 8.47. The van der Waals surface area contributed by atoms with Gasteiger partial charge in [-0.2, -0.15) is 0 Å². The van der Waals surface area contributed by atoms with Gasteiger partial charge in [0.15, 0.2) is 11.5 Å². The van der Waals surface area contributed by atoms with Crippen molar-refractivity contribution in [3.8, 4) is 11.5 Å². The molecule has 334 valence electrons. The highest BCUT2D eigenvalue weighted by Gasteiger charge is 2.41. The number of nitrogens with two attached hydrogens (primary N) is 2. The minimum absolute atomic E-state index is 0.106. The van der Waals surface area contributed by atoms with Crippen LogP contribution < -0.4 is 20.9 Å². The fraction of sp³-hybridized carbons (Fsp3) is 0.388. The SMILES string of the molecule is C=C(O)COc1cccc2c1c(C(=O)C(N)=O)c(C)n2C(C)(C)CC(C)(C)OC1=C(OC(C)(C)CC(C)(CC)n2c(C)c(C(=O)C(N)=O)c3c(OCC(=C)O)cccc32)C=C=C=C1. The van der Waals surface area contributed by atoms with E-state index in [-0.39, 0.29) is 47.4 Å². The van der Waals surface area contributed by atoms with Crippen LogP contribution in [-0.2, 0) is 30.1 Å². The second-order valence-electron chi connectivity index (χ2n) is 18.0. The molecule has 63 heavy (non-hydrogen) atoms. The Hall–Kier alpha value is -6.88. The number of aliphatic hydroxyl groups is 2. The molecule has 0 spiro atoms. The van der Waals surface area contributed by atoms with Gasteiger partial charge >= 0.3 is 0 Å². The molecular formula is C49H58N4O10. The Labute approximate surface area is 367 Å². The summed E-state index contributed by atoms with van der Waals surface area (Å²) in [7, 11) is 0. The molecular weight excluding hydrogens is 805 g/mol. The number of aromatic nitrogens is 2. The Balaban J connectivity index is 1.50. The van der Waals surface area contributed by atoms with Gasteiger partial charge in [-0.15, -0.1) is 0 Å². The molecule has 2 heterocycles. The van der Waals surface area contributed by atoms with Crippen LogP contribution in [0, 0.1) is 13.8 Å². The van der Waals surface area contributed by atoms with Crippen LogP contribution in [0.5, 0.6) is 11.5 Å². The maximum absolute atomic E-state index is 13.4. The molecule has 1 aliphatic rings. The molecule has 1 aliphatic carbocycles. The van der Waals surface area contributed by atoms with E-state index < -0.39 is 45.7 Å². The first-order chi connectivity index (χ1) is 29.3. The molecule has 1 atom stereocenters. The summed E-state index contributed by atoms with van der Waals surface area (Å²) >= 11 is 0. The Morgan fingerprint density at radius 1 is 0.667 bits per heavy atom. The van der Waals surface area contributed by atoms with Crippen LogP contribution in [0.1, 0.15) is 107 Å². The summed E-state index contributed by atoms with van der Waals surface area (Å²) in [5.74, 6) is -3.00. The smallest absolute Gasteiger partial charge is 0.289 e. The largest absolute Gasteiger partial charge is 0.509 e. The molecule has 2 aromatic heterocycles. The Morgan fingerprint density at radius 2 is 1.06 bits per heavy atom. The van der Waals surface area contributed by atoms with E-state index in [4.69, 9.17) is 30.4 Å². The Kier molecular flexibility index (Phi) is 13.1. The zero-order valence-corrected chi connectivity index (χ0v) is 37.8. The second-order valence-corrected chi connectivity index (χ2v) is 18.0. The lowest BCUT2D eigenvalue weighted by atomic mass is 9.84. The van der Waals surface area contributed by atoms with Crippen LogP contribution >= 0.6 is 0 Å². The summed E-state index contributed by atoms with van der Waals surface area (Å²) in [6.45, 7) is 25.9. The molecule has 0 saturated heterocycles. The highest BCUT2D eigenvalue weighted by Crippen LogP contribution is 2.44. The van der Waals surface area contributed by atoms with Crippen LogP contribution in [-0.4, -0.2) is 67.1 Å². The van der Waals surface area contributed by atoms with Crippen molar-refractivity contribution in [2.24, 2.45) is 11.5 Å². The van der Waals surface area contributed by atoms with Gasteiger partial charge in [-0.1, -0.05) is 43.7 Å². The number of Topliss-reactive ketones (excluding diaryl/α,β-unsaturated/α-hetero) is 2. The van der Waals surface area contributed by atoms with E-state index in [1.165, 1.54) is 0 Å². The number of rotatable bonds is 21. The zero-order chi connectivity index (χ0) is 47.0. The van der Waals surface area contributed by atoms with Crippen molar-refractivity contribution in [1.82, 2.24) is 9.13 Å². The second kappa shape index (κ2) is 17.5. The third kappa shape index (κ3) is 9.62. The first-order valence-electron chi connectivity index (χ1n) is 20.5. The molecule has 4 aromatic rings. The van der Waals surface area contributed by atoms with Gasteiger partial charge in [-0.3, -0.25) is 19.2 Å². The quantitative estimate of drug-likeness (QED) is 0.0272. The minimum Gasteiger partial charge on any atom is -0.509 e. The number of nitrogens with zero attached hydrogens (tertiary/aromatic N) is 2. The van der Waals surface area contributed by atoms with Gasteiger partial charge in [-0.05, 0) is 93.0 Å². The number of allylic oxidation sites excluding steroid dienone is 2. The Bertz CT molecular complexity index is 2710. The van der Waals surface area contributed by atoms with Crippen molar-refractivity contribution in [2.45, 2.75) is 111 Å². The Morgan fingerprint density at radius 3 is 1.46 bits per heavy atom. The van der Waals surface area contributed by atoms with Crippen molar-refractivity contribution in [1.29, 1.82) is 0 Å². The van der Waals surface area contributed by atoms with Crippen LogP contribution in [0.25, 0.3) is 21.8 Å². The van der Waals surface area contributed by atoms with Crippen molar-refractivity contribution < 1.29 is 48.3 Å². The summed E-state index contributed by atoms with van der Waals surface area (Å²) in [5, 5.41) is 20.3. The predicted molar refractivity (Wildman–Crippen MR) is 241 cm³/mol. The molecule has 0 radical (unpaired) electrons. The molecule has 0 saturated carbocycles. The van der Waals surface area contributed by atoms with E-state index in [1.807, 2.05) is 76.7 Å². The fourth-order valence-electron chi connectivity index (χ4n) is 9.29. The van der Waals surface area contributed by atoms with Gasteiger partial charge < -0.3 is 49.8 Å². The zero-order valence-electron chi connectivity index (χ0n) is 37.8. The molecule has 0 fully saturated rings. The number of aliphatic hydroxyl groups excluding tert-OH is 2. The van der Waals surface area contributed by atoms with Gasteiger partial charge in [0.05, 0.1) is 32.9 Å². The standard InChI is InChI=1S/C49H58N4O10/c1-13-49(12,53-31(5)39(43(57)45(51)59)41-33(53)19-17-23-37(41)61-25-29(3)55)27-48(10,11)63-35-21-15-14-20-34(35)62-47(8,9)26-46(6,7)52-30(4)38(42(56)44(50)58)40-32(52)18-16-22-36(40)60-24-28(2)54/h16-23,54-55H,2-3,13,24-27H2,1,4-12H3,(H2,50,58)(H2,51,59). The van der Waals surface area contributed by atoms with Gasteiger partial charge in [0.2, 0.25) is 0 Å². The van der Waals surface area contributed by atoms with E-state index in [0.717, 1.165) is 0 Å². The third-order valence-corrected chi connectivity index (χ3v) is 11.2. The maximum atomic E-state index is 13.4. The van der Waals surface area contributed by atoms with Gasteiger partial charge in [0.25, 0.3) is 23.4 Å². The summed E-state index contributed by atoms with van der Waals surface area (Å²) in [6.07, 6.45) is 4.69. The number of carbonyl (C=O) groups excluding carboxylic acids is 4. The van der Waals surface area contributed by atoms with E-state index in [9.17, 15) is 29.4 Å². The number of benzene rings is 2. The fourth-order valence-corrected chi connectivity index (χ4v) is 9.29. The van der Waals surface area contributed by atoms with Crippen molar-refractivity contribution in [3.63, 3.8) is 0 Å². The van der Waals surface area contributed by atoms with Gasteiger partial charge in [0.1, 0.15) is 47.4 Å². The molecule has 5 rings (SSSR count). The highest BCUT2D eigenvalue weighted by atomic mass is 16.5. The van der Waals surface area contributed by atoms with Crippen LogP contribution in [0.3, 0.4) is 0 Å². The average molecular weight is 863 g/mol. The van der Waals surface area contributed by atoms with Gasteiger partial charge in [0, 0.05) is 47.5 Å². The summed E-state index contributed by atoms with van der Waals surface area (Å²) < 4.78 is 29.3. The average Bonchev–Trinajstić information content (AvgIpc) is 3.66. The van der Waals surface area contributed by atoms with E-state index in [0.29, 0.717) is 64.0 Å². The van der Waals surface area contributed by atoms with Crippen molar-refractivity contribution >= 4 is 45.2 Å². The molecule has 2 aromatic carbocycles. The third-order valence-electron chi connectivity index (χ3n) is 11.2. The minimum atomic E-state index is -1.11. The summed E-state index contributed by atoms with van der Waals surface area (Å²) in [6, 6.07) is 10.5. The molecule has 0 aliphatic heterocycles. The number of ketones is 2.